The number of carbonyl (C=O) groups excluding carboxylic acids is 1. The van der Waals surface area contributed by atoms with Crippen molar-refractivity contribution in [3.63, 3.8) is 0 Å². The summed E-state index contributed by atoms with van der Waals surface area (Å²) < 4.78 is 4.72. The van der Waals surface area contributed by atoms with Crippen molar-refractivity contribution >= 4 is 5.97 Å². The molecule has 0 radical (unpaired) electrons. The molecule has 2 N–H and O–H groups in total. The molecule has 0 aromatic heterocycles. The molecule has 0 bridgehead atoms. The number of carbonyl (C=O) groups is 1. The van der Waals surface area contributed by atoms with E-state index in [0.717, 1.165) is 5.57 Å². The van der Waals surface area contributed by atoms with E-state index in [1.807, 2.05) is 12.2 Å². The molecule has 0 fully saturated rings. The molecule has 3 nitrogen and oxygen atoms in total. The van der Waals surface area contributed by atoms with Gasteiger partial charge >= 0.3 is 5.97 Å². The Morgan fingerprint density at radius 2 is 2.27 bits per heavy atom. The lowest BCUT2D eigenvalue weighted by Gasteiger charge is -2.03. The Morgan fingerprint density at radius 1 is 1.45 bits per heavy atom. The first-order chi connectivity index (χ1) is 5.29. The highest BCUT2D eigenvalue weighted by Gasteiger charge is 2.31. The minimum Gasteiger partial charge on any atom is -0.409 e. The summed E-state index contributed by atoms with van der Waals surface area (Å²) in [5.74, 6) is -0.307. The van der Waals surface area contributed by atoms with Crippen LogP contribution in [0.3, 0.4) is 0 Å². The summed E-state index contributed by atoms with van der Waals surface area (Å²) in [6, 6.07) is 0. The molecule has 0 spiro atoms. The van der Waals surface area contributed by atoms with Crippen molar-refractivity contribution in [1.82, 2.24) is 0 Å². The summed E-state index contributed by atoms with van der Waals surface area (Å²) in [6.45, 7) is 0. The van der Waals surface area contributed by atoms with E-state index in [1.54, 1.807) is 12.2 Å². The van der Waals surface area contributed by atoms with Crippen LogP contribution in [0.5, 0.6) is 0 Å². The topological polar surface area (TPSA) is 52.3 Å². The first-order valence-electron chi connectivity index (χ1n) is 3.35. The number of cyclic esters (lactones) is 1. The third-order valence-corrected chi connectivity index (χ3v) is 1.77. The van der Waals surface area contributed by atoms with Crippen LogP contribution < -0.4 is 5.73 Å². The normalized spacial score (nSPS) is 27.3. The summed E-state index contributed by atoms with van der Waals surface area (Å²) in [4.78, 5) is 11.0. The van der Waals surface area contributed by atoms with E-state index in [1.165, 1.54) is 0 Å². The molecular weight excluding hydrogens is 142 g/mol. The Morgan fingerprint density at radius 3 is 3.00 bits per heavy atom. The number of hydrogen-bond acceptors (Lipinski definition) is 3. The van der Waals surface area contributed by atoms with E-state index >= 15 is 0 Å². The number of nitrogens with two attached hydrogens (primary N) is 1. The first-order valence-corrected chi connectivity index (χ1v) is 3.35. The van der Waals surface area contributed by atoms with Crippen molar-refractivity contribution in [2.75, 3.05) is 0 Å². The third kappa shape index (κ3) is 0.774. The maximum Gasteiger partial charge on any atom is 0.324 e. The minimum absolute atomic E-state index is 0.237. The van der Waals surface area contributed by atoms with Crippen LogP contribution in [-0.2, 0) is 9.53 Å². The zero-order chi connectivity index (χ0) is 7.84. The van der Waals surface area contributed by atoms with Gasteiger partial charge in [0.2, 0.25) is 0 Å². The molecule has 2 aliphatic rings. The molecular formula is C8H7NO2. The van der Waals surface area contributed by atoms with Crippen LogP contribution in [0.1, 0.15) is 0 Å². The molecule has 11 heavy (non-hydrogen) atoms. The van der Waals surface area contributed by atoms with Gasteiger partial charge in [0.1, 0.15) is 5.92 Å². The predicted octanol–water partition coefficient (Wildman–Crippen LogP) is 0.456. The second-order valence-electron chi connectivity index (χ2n) is 2.46. The Bertz CT molecular complexity index is 299. The average molecular weight is 149 g/mol. The maximum absolute atomic E-state index is 11.0. The van der Waals surface area contributed by atoms with E-state index in [-0.39, 0.29) is 17.8 Å². The number of ether oxygens (including phenoxy) is 1. The zero-order valence-corrected chi connectivity index (χ0v) is 5.78. The largest absolute Gasteiger partial charge is 0.409 e. The van der Waals surface area contributed by atoms with Crippen molar-refractivity contribution in [2.45, 2.75) is 0 Å². The van der Waals surface area contributed by atoms with Crippen molar-refractivity contribution in [2.24, 2.45) is 11.7 Å². The van der Waals surface area contributed by atoms with Gasteiger partial charge in [-0.1, -0.05) is 24.3 Å². The fourth-order valence-electron chi connectivity index (χ4n) is 1.21. The van der Waals surface area contributed by atoms with Gasteiger partial charge in [0.15, 0.2) is 5.88 Å². The lowest BCUT2D eigenvalue weighted by molar-refractivity contribution is -0.138. The summed E-state index contributed by atoms with van der Waals surface area (Å²) in [6.07, 6.45) is 7.22. The van der Waals surface area contributed by atoms with Crippen LogP contribution in [0.25, 0.3) is 0 Å². The van der Waals surface area contributed by atoms with Gasteiger partial charge < -0.3 is 10.5 Å². The van der Waals surface area contributed by atoms with E-state index in [2.05, 4.69) is 0 Å². The fraction of sp³-hybridized carbons (Fsp3) is 0.125. The second kappa shape index (κ2) is 1.99. The van der Waals surface area contributed by atoms with Crippen molar-refractivity contribution in [3.8, 4) is 0 Å². The quantitative estimate of drug-likeness (QED) is 0.509. The van der Waals surface area contributed by atoms with Crippen LogP contribution in [0.4, 0.5) is 0 Å². The van der Waals surface area contributed by atoms with Crippen LogP contribution in [-0.4, -0.2) is 5.97 Å². The number of rotatable bonds is 0. The molecule has 1 atom stereocenters. The van der Waals surface area contributed by atoms with Crippen LogP contribution in [0.2, 0.25) is 0 Å². The Hall–Kier alpha value is -1.51. The molecule has 1 aliphatic carbocycles. The number of allylic oxidation sites excluding steroid dienone is 3. The highest BCUT2D eigenvalue weighted by Crippen LogP contribution is 2.28. The van der Waals surface area contributed by atoms with E-state index in [0.29, 0.717) is 0 Å². The number of hydrogen-bond donors (Lipinski definition) is 1. The first kappa shape index (κ1) is 6.22. The minimum atomic E-state index is -0.280. The van der Waals surface area contributed by atoms with Crippen LogP contribution >= 0.6 is 0 Å². The molecule has 0 aromatic carbocycles. The van der Waals surface area contributed by atoms with Gasteiger partial charge in [-0.15, -0.1) is 0 Å². The van der Waals surface area contributed by atoms with Crippen molar-refractivity contribution < 1.29 is 9.53 Å². The number of esters is 1. The summed E-state index contributed by atoms with van der Waals surface area (Å²) >= 11 is 0. The highest BCUT2D eigenvalue weighted by molar-refractivity contribution is 5.83. The zero-order valence-electron chi connectivity index (χ0n) is 5.78. The van der Waals surface area contributed by atoms with Gasteiger partial charge in [-0.05, 0) is 0 Å². The SMILES string of the molecule is NC1=C2C=CC=CC2C(=O)O1. The van der Waals surface area contributed by atoms with E-state index in [4.69, 9.17) is 10.5 Å². The van der Waals surface area contributed by atoms with Crippen LogP contribution in [0, 0.1) is 5.92 Å². The van der Waals surface area contributed by atoms with Gasteiger partial charge in [0.05, 0.1) is 0 Å². The van der Waals surface area contributed by atoms with Gasteiger partial charge in [-0.25, -0.2) is 0 Å². The van der Waals surface area contributed by atoms with Crippen molar-refractivity contribution in [1.29, 1.82) is 0 Å². The lowest BCUT2D eigenvalue weighted by Crippen LogP contribution is -2.08. The van der Waals surface area contributed by atoms with Gasteiger partial charge in [-0.3, -0.25) is 4.79 Å². The molecule has 1 aliphatic heterocycles. The van der Waals surface area contributed by atoms with E-state index in [9.17, 15) is 4.79 Å². The molecule has 3 heteroatoms. The summed E-state index contributed by atoms with van der Waals surface area (Å²) in [5.41, 5.74) is 6.21. The Balaban J connectivity index is 2.46. The Kier molecular flexibility index (Phi) is 1.12. The molecule has 0 amide bonds. The molecule has 0 saturated carbocycles. The van der Waals surface area contributed by atoms with Crippen molar-refractivity contribution in [3.05, 3.63) is 35.8 Å². The van der Waals surface area contributed by atoms with Gasteiger partial charge in [0, 0.05) is 5.57 Å². The molecule has 1 unspecified atom stereocenters. The smallest absolute Gasteiger partial charge is 0.324 e. The maximum atomic E-state index is 11.0. The van der Waals surface area contributed by atoms with Crippen LogP contribution in [0.15, 0.2) is 35.8 Å². The third-order valence-electron chi connectivity index (χ3n) is 1.77. The second-order valence-corrected chi connectivity index (χ2v) is 2.46. The molecule has 0 aromatic rings. The van der Waals surface area contributed by atoms with Gasteiger partial charge in [0.25, 0.3) is 0 Å². The molecule has 1 heterocycles. The van der Waals surface area contributed by atoms with E-state index < -0.39 is 0 Å². The van der Waals surface area contributed by atoms with Gasteiger partial charge in [-0.2, -0.15) is 0 Å². The predicted molar refractivity (Wildman–Crippen MR) is 39.1 cm³/mol. The Labute approximate surface area is 63.8 Å². The molecule has 56 valence electrons. The fourth-order valence-corrected chi connectivity index (χ4v) is 1.21. The highest BCUT2D eigenvalue weighted by atomic mass is 16.6. The number of fused-ring (bicyclic) bond motifs is 1. The standard InChI is InChI=1S/C8H7NO2/c9-7-5-3-1-2-4-6(5)8(10)11-7/h1-4,6H,9H2. The average Bonchev–Trinajstić information content (AvgIpc) is 2.30. The summed E-state index contributed by atoms with van der Waals surface area (Å²) in [7, 11) is 0. The molecule has 2 rings (SSSR count). The molecule has 0 saturated heterocycles. The monoisotopic (exact) mass is 149 g/mol. The lowest BCUT2D eigenvalue weighted by atomic mass is 9.97. The summed E-state index contributed by atoms with van der Waals surface area (Å²) in [5, 5.41) is 0.